The Morgan fingerprint density at radius 2 is 1.79 bits per heavy atom. The molecule has 1 heterocycles. The number of para-hydroxylation sites is 1. The van der Waals surface area contributed by atoms with Gasteiger partial charge in [0.25, 0.3) is 0 Å². The van der Waals surface area contributed by atoms with Gasteiger partial charge < -0.3 is 9.64 Å². The molecule has 0 spiro atoms. The van der Waals surface area contributed by atoms with Crippen LogP contribution in [0, 0.1) is 12.8 Å². The van der Waals surface area contributed by atoms with Crippen LogP contribution in [0.4, 0.5) is 23.8 Å². The van der Waals surface area contributed by atoms with Gasteiger partial charge in [-0.15, -0.1) is 0 Å². The number of fused-ring (bicyclic) bond motifs is 1. The summed E-state index contributed by atoms with van der Waals surface area (Å²) < 4.78 is 45.9. The fourth-order valence-corrected chi connectivity index (χ4v) is 5.54. The van der Waals surface area contributed by atoms with Crippen LogP contribution in [0.1, 0.15) is 68.2 Å². The summed E-state index contributed by atoms with van der Waals surface area (Å²) in [6, 6.07) is 13.9. The average molecular weight is 542 g/mol. The molecule has 8 heteroatoms. The lowest BCUT2D eigenvalue weighted by atomic mass is 10.0. The fraction of sp³-hybridized carbons (Fsp3) is 0.484. The van der Waals surface area contributed by atoms with Crippen LogP contribution < -0.4 is 4.90 Å². The van der Waals surface area contributed by atoms with Gasteiger partial charge in [-0.05, 0) is 68.9 Å². The molecule has 5 nitrogen and oxygen atoms in total. The number of halogens is 3. The minimum Gasteiger partial charge on any atom is -0.450 e. The van der Waals surface area contributed by atoms with Crippen LogP contribution in [0.3, 0.4) is 0 Å². The number of aryl methyl sites for hydroxylation is 1. The maximum Gasteiger partial charge on any atom is 0.416 e. The number of carbonyl (C=O) groups is 1. The number of anilines is 1. The molecule has 1 aliphatic carbocycles. The van der Waals surface area contributed by atoms with Crippen molar-refractivity contribution in [3.8, 4) is 0 Å². The largest absolute Gasteiger partial charge is 0.450 e. The van der Waals surface area contributed by atoms with Crippen LogP contribution in [0.5, 0.6) is 0 Å². The molecule has 1 amide bonds. The highest BCUT2D eigenvalue weighted by atomic mass is 19.4. The van der Waals surface area contributed by atoms with E-state index in [1.54, 1.807) is 19.9 Å². The first-order valence-electron chi connectivity index (χ1n) is 13.9. The molecule has 0 bridgehead atoms. The Kier molecular flexibility index (Phi) is 9.36. The molecule has 0 radical (unpaired) electrons. The van der Waals surface area contributed by atoms with Gasteiger partial charge in [0, 0.05) is 30.6 Å². The van der Waals surface area contributed by atoms with Crippen molar-refractivity contribution in [2.45, 2.75) is 72.1 Å². The van der Waals surface area contributed by atoms with Crippen LogP contribution in [0.15, 0.2) is 48.5 Å². The van der Waals surface area contributed by atoms with E-state index >= 15 is 0 Å². The molecule has 3 aromatic rings. The molecule has 1 aromatic heterocycles. The first-order chi connectivity index (χ1) is 18.7. The summed E-state index contributed by atoms with van der Waals surface area (Å²) >= 11 is 0. The van der Waals surface area contributed by atoms with Crippen molar-refractivity contribution >= 4 is 22.8 Å². The fourth-order valence-electron chi connectivity index (χ4n) is 5.54. The highest BCUT2D eigenvalue weighted by Crippen LogP contribution is 2.33. The van der Waals surface area contributed by atoms with Crippen LogP contribution in [-0.4, -0.2) is 35.7 Å². The van der Waals surface area contributed by atoms with Gasteiger partial charge in [-0.25, -0.2) is 9.78 Å². The molecule has 0 unspecified atom stereocenters. The zero-order valence-corrected chi connectivity index (χ0v) is 23.1. The van der Waals surface area contributed by atoms with Gasteiger partial charge >= 0.3 is 12.3 Å². The van der Waals surface area contributed by atoms with Crippen molar-refractivity contribution in [2.24, 2.45) is 5.92 Å². The highest BCUT2D eigenvalue weighted by molar-refractivity contribution is 5.82. The number of nitrogens with zero attached hydrogens (tertiary/aromatic N) is 3. The van der Waals surface area contributed by atoms with Crippen LogP contribution >= 0.6 is 0 Å². The van der Waals surface area contributed by atoms with E-state index in [-0.39, 0.29) is 19.7 Å². The van der Waals surface area contributed by atoms with Crippen LogP contribution in [0.2, 0.25) is 0 Å². The van der Waals surface area contributed by atoms with Crippen molar-refractivity contribution < 1.29 is 22.7 Å². The molecule has 210 valence electrons. The van der Waals surface area contributed by atoms with E-state index in [0.29, 0.717) is 17.0 Å². The van der Waals surface area contributed by atoms with E-state index in [0.717, 1.165) is 53.9 Å². The SMILES string of the molecule is CCCN(CC1CCCC1)c1nc2ccccc2cc1CN(Cc1cc(C)cc(C(F)(F)F)c1)C(=O)OCC. The standard InChI is InChI=1S/C31H38F3N3O2/c1-4-14-36(19-23-10-6-7-11-23)29-26(18-25-12-8-9-13-28(25)35-29)21-37(30(38)39-5-2)20-24-15-22(3)16-27(17-24)31(32,33)34/h8-9,12-13,15-18,23H,4-7,10-11,14,19-21H2,1-3H3. The molecule has 1 saturated carbocycles. The molecule has 0 N–H and O–H groups in total. The van der Waals surface area contributed by atoms with Gasteiger partial charge in [-0.2, -0.15) is 13.2 Å². The third kappa shape index (κ3) is 7.43. The van der Waals surface area contributed by atoms with Gasteiger partial charge in [-0.3, -0.25) is 4.90 Å². The summed E-state index contributed by atoms with van der Waals surface area (Å²) in [6.07, 6.45) is 0.813. The molecule has 0 aliphatic heterocycles. The molecule has 39 heavy (non-hydrogen) atoms. The number of alkyl halides is 3. The second-order valence-corrected chi connectivity index (χ2v) is 10.5. The second kappa shape index (κ2) is 12.7. The minimum atomic E-state index is -4.47. The van der Waals surface area contributed by atoms with Crippen molar-refractivity contribution in [3.63, 3.8) is 0 Å². The zero-order valence-electron chi connectivity index (χ0n) is 23.1. The van der Waals surface area contributed by atoms with Gasteiger partial charge in [0.05, 0.1) is 24.2 Å². The maximum atomic E-state index is 13.5. The lowest BCUT2D eigenvalue weighted by Gasteiger charge is -2.30. The first kappa shape index (κ1) is 28.7. The Morgan fingerprint density at radius 3 is 2.49 bits per heavy atom. The average Bonchev–Trinajstić information content (AvgIpc) is 3.40. The number of pyridine rings is 1. The molecular weight excluding hydrogens is 503 g/mol. The van der Waals surface area contributed by atoms with Gasteiger partial charge in [0.1, 0.15) is 5.82 Å². The summed E-state index contributed by atoms with van der Waals surface area (Å²) in [6.45, 7) is 7.56. The van der Waals surface area contributed by atoms with E-state index in [4.69, 9.17) is 9.72 Å². The summed E-state index contributed by atoms with van der Waals surface area (Å²) in [5, 5.41) is 0.951. The molecule has 4 rings (SSSR count). The Morgan fingerprint density at radius 1 is 1.05 bits per heavy atom. The zero-order chi connectivity index (χ0) is 28.0. The van der Waals surface area contributed by atoms with Crippen molar-refractivity contribution in [1.29, 1.82) is 0 Å². The number of benzene rings is 2. The summed E-state index contributed by atoms with van der Waals surface area (Å²) in [5.41, 5.74) is 1.90. The highest BCUT2D eigenvalue weighted by Gasteiger charge is 2.31. The second-order valence-electron chi connectivity index (χ2n) is 10.5. The van der Waals surface area contributed by atoms with E-state index in [1.807, 2.05) is 24.3 Å². The van der Waals surface area contributed by atoms with E-state index in [2.05, 4.69) is 17.9 Å². The predicted molar refractivity (Wildman–Crippen MR) is 149 cm³/mol. The third-order valence-electron chi connectivity index (χ3n) is 7.25. The van der Waals surface area contributed by atoms with Gasteiger partial charge in [-0.1, -0.05) is 49.6 Å². The Hall–Kier alpha value is -3.29. The number of rotatable bonds is 10. The minimum absolute atomic E-state index is 0.00768. The van der Waals surface area contributed by atoms with E-state index in [9.17, 15) is 18.0 Å². The third-order valence-corrected chi connectivity index (χ3v) is 7.25. The van der Waals surface area contributed by atoms with Crippen LogP contribution in [-0.2, 0) is 24.0 Å². The smallest absolute Gasteiger partial charge is 0.416 e. The molecule has 1 fully saturated rings. The number of amides is 1. The molecule has 1 aliphatic rings. The first-order valence-corrected chi connectivity index (χ1v) is 13.9. The maximum absolute atomic E-state index is 13.5. The number of hydrogen-bond donors (Lipinski definition) is 0. The van der Waals surface area contributed by atoms with Crippen LogP contribution in [0.25, 0.3) is 10.9 Å². The number of carbonyl (C=O) groups excluding carboxylic acids is 1. The normalized spacial score (nSPS) is 14.1. The Labute approximate surface area is 229 Å². The van der Waals surface area contributed by atoms with E-state index in [1.165, 1.54) is 30.6 Å². The summed E-state index contributed by atoms with van der Waals surface area (Å²) in [5.74, 6) is 1.43. The Balaban J connectivity index is 1.73. The van der Waals surface area contributed by atoms with Crippen molar-refractivity contribution in [2.75, 3.05) is 24.6 Å². The van der Waals surface area contributed by atoms with Gasteiger partial charge in [0.15, 0.2) is 0 Å². The predicted octanol–water partition coefficient (Wildman–Crippen LogP) is 8.13. The van der Waals surface area contributed by atoms with Crippen molar-refractivity contribution in [1.82, 2.24) is 9.88 Å². The number of hydrogen-bond acceptors (Lipinski definition) is 4. The molecule has 2 aromatic carbocycles. The quantitative estimate of drug-likeness (QED) is 0.260. The topological polar surface area (TPSA) is 45.7 Å². The molecular formula is C31H38F3N3O2. The lowest BCUT2D eigenvalue weighted by Crippen LogP contribution is -2.34. The molecule has 0 saturated heterocycles. The van der Waals surface area contributed by atoms with Crippen molar-refractivity contribution in [3.05, 3.63) is 70.8 Å². The summed E-state index contributed by atoms with van der Waals surface area (Å²) in [4.78, 5) is 22.0. The molecule has 0 atom stereocenters. The van der Waals surface area contributed by atoms with Gasteiger partial charge in [0.2, 0.25) is 0 Å². The number of ether oxygens (including phenoxy) is 1. The number of aromatic nitrogens is 1. The lowest BCUT2D eigenvalue weighted by molar-refractivity contribution is -0.137. The van der Waals surface area contributed by atoms with E-state index < -0.39 is 17.8 Å². The monoisotopic (exact) mass is 541 g/mol. The summed E-state index contributed by atoms with van der Waals surface area (Å²) in [7, 11) is 0. The Bertz CT molecular complexity index is 1270.